The van der Waals surface area contributed by atoms with Gasteiger partial charge in [-0.15, -0.1) is 0 Å². The molecule has 0 aliphatic carbocycles. The molecule has 5 heterocycles. The van der Waals surface area contributed by atoms with Crippen LogP contribution >= 0.6 is 0 Å². The van der Waals surface area contributed by atoms with Crippen LogP contribution in [0.3, 0.4) is 0 Å². The first-order valence-corrected chi connectivity index (χ1v) is 8.91. The fourth-order valence-electron chi connectivity index (χ4n) is 5.09. The van der Waals surface area contributed by atoms with Crippen molar-refractivity contribution in [2.24, 2.45) is 5.92 Å². The van der Waals surface area contributed by atoms with Gasteiger partial charge in [0.2, 0.25) is 5.82 Å². The maximum absolute atomic E-state index is 12.7. The van der Waals surface area contributed by atoms with E-state index in [1.165, 1.54) is 11.9 Å². The Labute approximate surface area is 146 Å². The number of hydrogen-bond donors (Lipinski definition) is 2. The Morgan fingerprint density at radius 2 is 1.88 bits per heavy atom. The van der Waals surface area contributed by atoms with Gasteiger partial charge in [-0.25, -0.2) is 4.98 Å². The van der Waals surface area contributed by atoms with E-state index in [1.54, 1.807) is 0 Å². The van der Waals surface area contributed by atoms with Crippen molar-refractivity contribution < 1.29 is 4.79 Å². The van der Waals surface area contributed by atoms with Crippen LogP contribution in [0.4, 0.5) is 0 Å². The van der Waals surface area contributed by atoms with Crippen LogP contribution in [0.1, 0.15) is 16.2 Å². The first-order valence-electron chi connectivity index (χ1n) is 8.91. The standard InChI is InChI=1S/C18H22N6O/c25-17(16-19-12-20-22-16)21-15-13-8-23-6-7-24(9-13)11-18(15,10-23)14-4-2-1-3-5-14/h1-5,12-13,15H,6-11H2,(H,21,25)(H,19,20,22). The van der Waals surface area contributed by atoms with Crippen LogP contribution in [0, 0.1) is 5.92 Å². The molecule has 1 amide bonds. The largest absolute Gasteiger partial charge is 0.345 e. The molecule has 1 aromatic carbocycles. The van der Waals surface area contributed by atoms with Gasteiger partial charge in [-0.05, 0) is 5.56 Å². The molecule has 1 aromatic heterocycles. The van der Waals surface area contributed by atoms with E-state index in [0.29, 0.717) is 5.92 Å². The van der Waals surface area contributed by atoms with Crippen LogP contribution in [0.2, 0.25) is 0 Å². The monoisotopic (exact) mass is 338 g/mol. The van der Waals surface area contributed by atoms with Crippen LogP contribution < -0.4 is 5.32 Å². The van der Waals surface area contributed by atoms with E-state index in [9.17, 15) is 4.79 Å². The lowest BCUT2D eigenvalue weighted by Crippen LogP contribution is -2.70. The van der Waals surface area contributed by atoms with E-state index in [4.69, 9.17) is 0 Å². The summed E-state index contributed by atoms with van der Waals surface area (Å²) < 4.78 is 0. The molecule has 7 heteroatoms. The Balaban J connectivity index is 1.55. The van der Waals surface area contributed by atoms with Gasteiger partial charge >= 0.3 is 0 Å². The minimum atomic E-state index is -0.158. The van der Waals surface area contributed by atoms with Crippen molar-refractivity contribution in [2.75, 3.05) is 39.3 Å². The number of H-pyrrole nitrogens is 1. The summed E-state index contributed by atoms with van der Waals surface area (Å²) in [5.74, 6) is 0.557. The zero-order valence-electron chi connectivity index (χ0n) is 14.1. The van der Waals surface area contributed by atoms with Crippen LogP contribution in [0.15, 0.2) is 36.7 Å². The van der Waals surface area contributed by atoms with Gasteiger partial charge in [0.25, 0.3) is 5.91 Å². The van der Waals surface area contributed by atoms with E-state index >= 15 is 0 Å². The summed E-state index contributed by atoms with van der Waals surface area (Å²) in [5.41, 5.74) is 1.24. The third-order valence-electron chi connectivity index (χ3n) is 6.06. The van der Waals surface area contributed by atoms with Gasteiger partial charge in [0, 0.05) is 56.6 Å². The maximum Gasteiger partial charge on any atom is 0.288 e. The predicted octanol–water partition coefficient (Wildman–Crippen LogP) is 0.102. The Hall–Kier alpha value is -2.25. The molecule has 3 unspecified atom stereocenters. The van der Waals surface area contributed by atoms with E-state index in [-0.39, 0.29) is 23.2 Å². The van der Waals surface area contributed by atoms with Crippen molar-refractivity contribution in [1.82, 2.24) is 30.3 Å². The fourth-order valence-corrected chi connectivity index (χ4v) is 5.09. The summed E-state index contributed by atoms with van der Waals surface area (Å²) in [6.45, 7) is 6.32. The number of aromatic amines is 1. The number of nitrogens with one attached hydrogen (secondary N) is 2. The maximum atomic E-state index is 12.7. The molecule has 4 saturated heterocycles. The number of aromatic nitrogens is 3. The van der Waals surface area contributed by atoms with Gasteiger partial charge in [0.05, 0.1) is 0 Å². The van der Waals surface area contributed by atoms with Crippen molar-refractivity contribution in [3.63, 3.8) is 0 Å². The van der Waals surface area contributed by atoms with Crippen LogP contribution in [0.5, 0.6) is 0 Å². The second-order valence-electron chi connectivity index (χ2n) is 7.54. The van der Waals surface area contributed by atoms with E-state index in [2.05, 4.69) is 60.6 Å². The second-order valence-corrected chi connectivity index (χ2v) is 7.54. The first-order chi connectivity index (χ1) is 12.2. The second kappa shape index (κ2) is 5.64. The molecule has 4 bridgehead atoms. The molecule has 4 fully saturated rings. The van der Waals surface area contributed by atoms with E-state index < -0.39 is 0 Å². The number of piperidine rings is 2. The quantitative estimate of drug-likeness (QED) is 0.830. The number of nitrogens with zero attached hydrogens (tertiary/aromatic N) is 4. The number of carbonyl (C=O) groups is 1. The molecule has 25 heavy (non-hydrogen) atoms. The van der Waals surface area contributed by atoms with Crippen molar-refractivity contribution >= 4 is 5.91 Å². The van der Waals surface area contributed by atoms with Crippen LogP contribution in [0.25, 0.3) is 0 Å². The highest BCUT2D eigenvalue weighted by Crippen LogP contribution is 2.43. The van der Waals surface area contributed by atoms with Crippen molar-refractivity contribution in [3.05, 3.63) is 48.0 Å². The van der Waals surface area contributed by atoms with Gasteiger partial charge in [-0.1, -0.05) is 30.3 Å². The topological polar surface area (TPSA) is 77.2 Å². The Morgan fingerprint density at radius 1 is 1.16 bits per heavy atom. The number of hydrogen-bond acceptors (Lipinski definition) is 5. The van der Waals surface area contributed by atoms with Crippen molar-refractivity contribution in [1.29, 1.82) is 0 Å². The lowest BCUT2D eigenvalue weighted by Gasteiger charge is -2.55. The molecular weight excluding hydrogens is 316 g/mol. The summed E-state index contributed by atoms with van der Waals surface area (Å²) in [6.07, 6.45) is 1.38. The Morgan fingerprint density at radius 3 is 2.52 bits per heavy atom. The van der Waals surface area contributed by atoms with Gasteiger partial charge in [-0.2, -0.15) is 5.10 Å². The van der Waals surface area contributed by atoms with Crippen LogP contribution in [-0.4, -0.2) is 76.2 Å². The summed E-state index contributed by atoms with van der Waals surface area (Å²) in [6, 6.07) is 10.8. The molecular formula is C18H22N6O. The molecule has 7 nitrogen and oxygen atoms in total. The molecule has 6 rings (SSSR count). The molecule has 130 valence electrons. The molecule has 3 atom stereocenters. The number of fused-ring (bicyclic) bond motifs is 1. The number of benzene rings is 1. The molecule has 0 spiro atoms. The fraction of sp³-hybridized carbons (Fsp3) is 0.500. The Bertz CT molecular complexity index is 745. The summed E-state index contributed by atoms with van der Waals surface area (Å²) in [7, 11) is 0. The molecule has 2 aromatic rings. The SMILES string of the molecule is O=C(NC1C2CN3CCN(C2)CC1(c1ccccc1)C3)c1ncn[nH]1. The van der Waals surface area contributed by atoms with Gasteiger partial charge in [0.15, 0.2) is 0 Å². The zero-order valence-corrected chi connectivity index (χ0v) is 14.1. The Kier molecular flexibility index (Phi) is 3.39. The number of carbonyl (C=O) groups excluding carboxylic acids is 1. The molecule has 0 saturated carbocycles. The first kappa shape index (κ1) is 15.0. The third kappa shape index (κ3) is 2.38. The summed E-state index contributed by atoms with van der Waals surface area (Å²) in [5, 5.41) is 9.79. The predicted molar refractivity (Wildman–Crippen MR) is 92.1 cm³/mol. The number of rotatable bonds is 3. The lowest BCUT2D eigenvalue weighted by atomic mass is 9.64. The van der Waals surface area contributed by atoms with Crippen molar-refractivity contribution in [2.45, 2.75) is 11.5 Å². The third-order valence-corrected chi connectivity index (χ3v) is 6.06. The minimum absolute atomic E-state index is 0.0748. The normalized spacial score (nSPS) is 36.2. The highest BCUT2D eigenvalue weighted by atomic mass is 16.2. The van der Waals surface area contributed by atoms with Crippen molar-refractivity contribution in [3.8, 4) is 0 Å². The van der Waals surface area contributed by atoms with E-state index in [1.807, 2.05) is 0 Å². The molecule has 4 aliphatic heterocycles. The average Bonchev–Trinajstić information content (AvgIpc) is 3.05. The molecule has 2 N–H and O–H groups in total. The minimum Gasteiger partial charge on any atom is -0.345 e. The summed E-state index contributed by atoms with van der Waals surface area (Å²) >= 11 is 0. The molecule has 4 aliphatic rings. The zero-order chi connectivity index (χ0) is 16.9. The summed E-state index contributed by atoms with van der Waals surface area (Å²) in [4.78, 5) is 21.8. The van der Waals surface area contributed by atoms with Gasteiger partial charge < -0.3 is 15.1 Å². The highest BCUT2D eigenvalue weighted by Gasteiger charge is 2.55. The smallest absolute Gasteiger partial charge is 0.288 e. The van der Waals surface area contributed by atoms with Crippen LogP contribution in [-0.2, 0) is 5.41 Å². The molecule has 0 radical (unpaired) electrons. The number of amides is 1. The average molecular weight is 338 g/mol. The lowest BCUT2D eigenvalue weighted by molar-refractivity contribution is 0.0178. The highest BCUT2D eigenvalue weighted by molar-refractivity contribution is 5.90. The van der Waals surface area contributed by atoms with Gasteiger partial charge in [0.1, 0.15) is 6.33 Å². The van der Waals surface area contributed by atoms with E-state index in [0.717, 1.165) is 39.3 Å². The van der Waals surface area contributed by atoms with Gasteiger partial charge in [-0.3, -0.25) is 9.89 Å².